The molecule has 0 bridgehead atoms. The lowest BCUT2D eigenvalue weighted by Gasteiger charge is -2.28. The standard InChI is InChI=1S/C12H26O3SSi/c1-5-9-10-16-11-12-17(13-6-2,14-7-3)15-8-4/h9-10H,5-8,11-12H2,1-4H3. The van der Waals surface area contributed by atoms with Crippen LogP contribution in [0.2, 0.25) is 6.04 Å². The largest absolute Gasteiger partial charge is 0.501 e. The monoisotopic (exact) mass is 278 g/mol. The van der Waals surface area contributed by atoms with Crippen LogP contribution in [0, 0.1) is 0 Å². The van der Waals surface area contributed by atoms with E-state index in [4.69, 9.17) is 13.3 Å². The van der Waals surface area contributed by atoms with Crippen LogP contribution in [0.1, 0.15) is 34.1 Å². The molecule has 17 heavy (non-hydrogen) atoms. The van der Waals surface area contributed by atoms with E-state index in [9.17, 15) is 0 Å². The molecular formula is C12H26O3SSi. The molecule has 0 fully saturated rings. The van der Waals surface area contributed by atoms with Crippen LogP contribution in [-0.4, -0.2) is 34.4 Å². The van der Waals surface area contributed by atoms with Crippen LogP contribution in [0.4, 0.5) is 0 Å². The molecule has 0 aromatic carbocycles. The first-order valence-corrected chi connectivity index (χ1v) is 9.41. The predicted octanol–water partition coefficient (Wildman–Crippen LogP) is 3.69. The topological polar surface area (TPSA) is 27.7 Å². The van der Waals surface area contributed by atoms with Crippen molar-refractivity contribution in [3.63, 3.8) is 0 Å². The van der Waals surface area contributed by atoms with Crippen molar-refractivity contribution >= 4 is 20.6 Å². The minimum absolute atomic E-state index is 0.654. The molecule has 0 saturated heterocycles. The summed E-state index contributed by atoms with van der Waals surface area (Å²) in [5, 5.41) is 2.14. The number of hydrogen-bond donors (Lipinski definition) is 0. The van der Waals surface area contributed by atoms with Gasteiger partial charge in [-0.05, 0) is 32.6 Å². The number of rotatable bonds is 11. The van der Waals surface area contributed by atoms with Crippen LogP contribution in [0.25, 0.3) is 0 Å². The van der Waals surface area contributed by atoms with E-state index in [-0.39, 0.29) is 0 Å². The summed E-state index contributed by atoms with van der Waals surface area (Å²) >= 11 is 1.80. The van der Waals surface area contributed by atoms with Crippen molar-refractivity contribution in [2.45, 2.75) is 40.2 Å². The smallest absolute Gasteiger partial charge is 0.374 e. The molecule has 0 aromatic rings. The number of allylic oxidation sites excluding steroid dienone is 1. The van der Waals surface area contributed by atoms with Crippen molar-refractivity contribution in [3.05, 3.63) is 11.5 Å². The highest BCUT2D eigenvalue weighted by atomic mass is 32.2. The Hall–Kier alpha value is 0.187. The molecule has 3 nitrogen and oxygen atoms in total. The van der Waals surface area contributed by atoms with E-state index in [1.54, 1.807) is 11.8 Å². The molecule has 0 heterocycles. The van der Waals surface area contributed by atoms with E-state index >= 15 is 0 Å². The van der Waals surface area contributed by atoms with Crippen molar-refractivity contribution in [1.82, 2.24) is 0 Å². The average Bonchev–Trinajstić information content (AvgIpc) is 2.30. The summed E-state index contributed by atoms with van der Waals surface area (Å²) in [6.07, 6.45) is 3.24. The second-order valence-electron chi connectivity index (χ2n) is 3.38. The summed E-state index contributed by atoms with van der Waals surface area (Å²) in [5.41, 5.74) is 0. The second-order valence-corrected chi connectivity index (χ2v) is 7.13. The van der Waals surface area contributed by atoms with Crippen molar-refractivity contribution < 1.29 is 13.3 Å². The number of hydrogen-bond acceptors (Lipinski definition) is 4. The van der Waals surface area contributed by atoms with Gasteiger partial charge < -0.3 is 13.3 Å². The van der Waals surface area contributed by atoms with E-state index in [2.05, 4.69) is 18.4 Å². The van der Waals surface area contributed by atoms with Gasteiger partial charge in [-0.25, -0.2) is 0 Å². The van der Waals surface area contributed by atoms with Gasteiger partial charge in [0.25, 0.3) is 0 Å². The van der Waals surface area contributed by atoms with Gasteiger partial charge in [-0.1, -0.05) is 13.0 Å². The van der Waals surface area contributed by atoms with Gasteiger partial charge >= 0.3 is 8.80 Å². The third kappa shape index (κ3) is 7.99. The van der Waals surface area contributed by atoms with Gasteiger partial charge in [-0.3, -0.25) is 0 Å². The van der Waals surface area contributed by atoms with Crippen LogP contribution in [0.5, 0.6) is 0 Å². The van der Waals surface area contributed by atoms with Crippen LogP contribution < -0.4 is 0 Å². The van der Waals surface area contributed by atoms with Crippen LogP contribution >= 0.6 is 11.8 Å². The van der Waals surface area contributed by atoms with Gasteiger partial charge in [-0.2, -0.15) is 0 Å². The molecule has 0 aromatic heterocycles. The van der Waals surface area contributed by atoms with Crippen molar-refractivity contribution in [3.8, 4) is 0 Å². The van der Waals surface area contributed by atoms with Gasteiger partial charge in [0.2, 0.25) is 0 Å². The fraction of sp³-hybridized carbons (Fsp3) is 0.833. The highest BCUT2D eigenvalue weighted by Gasteiger charge is 2.39. The zero-order valence-electron chi connectivity index (χ0n) is 11.5. The zero-order chi connectivity index (χ0) is 13.0. The summed E-state index contributed by atoms with van der Waals surface area (Å²) in [7, 11) is -2.41. The predicted molar refractivity (Wildman–Crippen MR) is 77.3 cm³/mol. The van der Waals surface area contributed by atoms with Crippen LogP contribution in [-0.2, 0) is 13.3 Å². The first kappa shape index (κ1) is 17.2. The molecule has 0 N–H and O–H groups in total. The third-order valence-corrected chi connectivity index (χ3v) is 6.28. The van der Waals surface area contributed by atoms with E-state index in [1.807, 2.05) is 20.8 Å². The highest BCUT2D eigenvalue weighted by Crippen LogP contribution is 2.19. The molecule has 0 saturated carbocycles. The van der Waals surface area contributed by atoms with Crippen LogP contribution in [0.3, 0.4) is 0 Å². The Kier molecular flexibility index (Phi) is 11.4. The van der Waals surface area contributed by atoms with Gasteiger partial charge in [0, 0.05) is 31.6 Å². The maximum Gasteiger partial charge on any atom is 0.501 e. The molecule has 0 radical (unpaired) electrons. The molecule has 5 heteroatoms. The van der Waals surface area contributed by atoms with E-state index in [0.29, 0.717) is 19.8 Å². The normalized spacial score (nSPS) is 12.5. The van der Waals surface area contributed by atoms with Crippen molar-refractivity contribution in [2.75, 3.05) is 25.6 Å². The Labute approximate surface area is 111 Å². The maximum atomic E-state index is 5.77. The summed E-state index contributed by atoms with van der Waals surface area (Å²) < 4.78 is 17.3. The lowest BCUT2D eigenvalue weighted by molar-refractivity contribution is 0.0729. The summed E-state index contributed by atoms with van der Waals surface area (Å²) in [5.74, 6) is 0.989. The van der Waals surface area contributed by atoms with E-state index in [0.717, 1.165) is 18.2 Å². The quantitative estimate of drug-likeness (QED) is 0.425. The minimum atomic E-state index is -2.41. The molecule has 0 rings (SSSR count). The molecule has 0 aliphatic heterocycles. The van der Waals surface area contributed by atoms with Crippen molar-refractivity contribution in [1.29, 1.82) is 0 Å². The second kappa shape index (κ2) is 11.3. The molecule has 0 amide bonds. The fourth-order valence-corrected chi connectivity index (χ4v) is 5.36. The first-order chi connectivity index (χ1) is 8.24. The third-order valence-electron chi connectivity index (χ3n) is 2.05. The van der Waals surface area contributed by atoms with Gasteiger partial charge in [0.05, 0.1) is 0 Å². The minimum Gasteiger partial charge on any atom is -0.374 e. The number of thioether (sulfide) groups is 1. The van der Waals surface area contributed by atoms with Gasteiger partial charge in [-0.15, -0.1) is 11.8 Å². The van der Waals surface area contributed by atoms with E-state index in [1.165, 1.54) is 0 Å². The fourth-order valence-electron chi connectivity index (χ4n) is 1.42. The molecule has 0 aliphatic carbocycles. The average molecular weight is 278 g/mol. The summed E-state index contributed by atoms with van der Waals surface area (Å²) in [4.78, 5) is 0. The van der Waals surface area contributed by atoms with Gasteiger partial charge in [0.1, 0.15) is 0 Å². The zero-order valence-corrected chi connectivity index (χ0v) is 13.3. The molecule has 102 valence electrons. The molecule has 0 spiro atoms. The Balaban J connectivity index is 4.18. The van der Waals surface area contributed by atoms with Crippen LogP contribution in [0.15, 0.2) is 11.5 Å². The summed E-state index contributed by atoms with van der Waals surface area (Å²) in [6.45, 7) is 10.1. The SMILES string of the molecule is CCC=CSCC[Si](OCC)(OCC)OCC. The summed E-state index contributed by atoms with van der Waals surface area (Å²) in [6, 6.07) is 0.876. The lowest BCUT2D eigenvalue weighted by Crippen LogP contribution is -2.46. The highest BCUT2D eigenvalue weighted by molar-refractivity contribution is 8.02. The molecule has 0 unspecified atom stereocenters. The maximum absolute atomic E-state index is 5.77. The molecule has 0 atom stereocenters. The molecular weight excluding hydrogens is 252 g/mol. The van der Waals surface area contributed by atoms with E-state index < -0.39 is 8.80 Å². The lowest BCUT2D eigenvalue weighted by atomic mass is 10.5. The molecule has 0 aliphatic rings. The Bertz CT molecular complexity index is 183. The Morgan fingerprint density at radius 3 is 1.88 bits per heavy atom. The van der Waals surface area contributed by atoms with Gasteiger partial charge in [0.15, 0.2) is 0 Å². The Morgan fingerprint density at radius 2 is 1.47 bits per heavy atom. The Morgan fingerprint density at radius 1 is 0.941 bits per heavy atom. The first-order valence-electron chi connectivity index (χ1n) is 6.43. The van der Waals surface area contributed by atoms with Crippen molar-refractivity contribution in [2.24, 2.45) is 0 Å².